The highest BCUT2D eigenvalue weighted by atomic mass is 35.5. The van der Waals surface area contributed by atoms with Gasteiger partial charge in [0, 0.05) is 25.0 Å². The van der Waals surface area contributed by atoms with Gasteiger partial charge in [-0.25, -0.2) is 4.98 Å². The van der Waals surface area contributed by atoms with Gasteiger partial charge in [-0.2, -0.15) is 13.2 Å². The molecule has 0 saturated heterocycles. The fraction of sp³-hybridized carbons (Fsp3) is 0.190. The molecule has 10 heteroatoms. The van der Waals surface area contributed by atoms with Gasteiger partial charge in [-0.1, -0.05) is 35.3 Å². The molecule has 0 saturated carbocycles. The van der Waals surface area contributed by atoms with Crippen molar-refractivity contribution in [1.82, 2.24) is 14.9 Å². The highest BCUT2D eigenvalue weighted by Crippen LogP contribution is 2.24. The number of amides is 1. The van der Waals surface area contributed by atoms with Gasteiger partial charge in [0.15, 0.2) is 6.61 Å². The molecule has 5 nitrogen and oxygen atoms in total. The minimum Gasteiger partial charge on any atom is -0.468 e. The van der Waals surface area contributed by atoms with Gasteiger partial charge in [0.05, 0.1) is 27.8 Å². The van der Waals surface area contributed by atoms with E-state index in [0.717, 1.165) is 5.56 Å². The second-order valence-electron chi connectivity index (χ2n) is 6.52. The maximum absolute atomic E-state index is 13.1. The molecule has 0 spiro atoms. The van der Waals surface area contributed by atoms with Gasteiger partial charge in [0.25, 0.3) is 5.91 Å². The minimum absolute atomic E-state index is 0.190. The molecule has 3 aromatic rings. The van der Waals surface area contributed by atoms with Gasteiger partial charge in [-0.05, 0) is 35.9 Å². The van der Waals surface area contributed by atoms with Crippen molar-refractivity contribution in [3.05, 3.63) is 87.8 Å². The van der Waals surface area contributed by atoms with Crippen LogP contribution in [0.2, 0.25) is 10.0 Å². The first-order chi connectivity index (χ1) is 14.7. The molecule has 2 heterocycles. The summed E-state index contributed by atoms with van der Waals surface area (Å²) < 4.78 is 41.4. The largest absolute Gasteiger partial charge is 0.468 e. The van der Waals surface area contributed by atoms with E-state index in [4.69, 9.17) is 23.2 Å². The number of pyridine rings is 2. The number of carbonyl (C=O) groups is 1. The fourth-order valence-corrected chi connectivity index (χ4v) is 3.00. The van der Waals surface area contributed by atoms with Crippen LogP contribution in [-0.2, 0) is 13.1 Å². The number of carbonyl (C=O) groups excluding carboxylic acids is 1. The molecule has 0 aliphatic rings. The van der Waals surface area contributed by atoms with Crippen LogP contribution in [-0.4, -0.2) is 33.6 Å². The van der Waals surface area contributed by atoms with Crippen LogP contribution in [0, 0.1) is 0 Å². The lowest BCUT2D eigenvalue weighted by molar-refractivity contribution is -0.154. The molecule has 0 N–H and O–H groups in total. The molecule has 2 aromatic heterocycles. The Morgan fingerprint density at radius 3 is 2.42 bits per heavy atom. The molecule has 0 aliphatic carbocycles. The van der Waals surface area contributed by atoms with Gasteiger partial charge in [0.1, 0.15) is 0 Å². The van der Waals surface area contributed by atoms with Crippen molar-refractivity contribution >= 4 is 29.1 Å². The quantitative estimate of drug-likeness (QED) is 0.454. The fourth-order valence-electron chi connectivity index (χ4n) is 2.68. The summed E-state index contributed by atoms with van der Waals surface area (Å²) in [7, 11) is 0. The second kappa shape index (κ2) is 9.98. The highest BCUT2D eigenvalue weighted by Gasteiger charge is 2.28. The lowest BCUT2D eigenvalue weighted by Crippen LogP contribution is -2.30. The maximum Gasteiger partial charge on any atom is 0.422 e. The number of nitrogens with zero attached hydrogens (tertiary/aromatic N) is 3. The Balaban J connectivity index is 1.80. The zero-order chi connectivity index (χ0) is 22.4. The Morgan fingerprint density at radius 1 is 1.00 bits per heavy atom. The number of ether oxygens (including phenoxy) is 1. The number of halogens is 5. The van der Waals surface area contributed by atoms with Crippen molar-refractivity contribution in [2.45, 2.75) is 19.3 Å². The molecule has 3 rings (SSSR count). The minimum atomic E-state index is -4.48. The van der Waals surface area contributed by atoms with E-state index >= 15 is 0 Å². The SMILES string of the molecule is O=C(c1ccc(OCC(F)(F)F)nc1)N(Cc1ccc(Cl)c(Cl)c1)Cc1ccccn1. The van der Waals surface area contributed by atoms with Crippen LogP contribution < -0.4 is 4.74 Å². The van der Waals surface area contributed by atoms with Crippen molar-refractivity contribution in [2.24, 2.45) is 0 Å². The van der Waals surface area contributed by atoms with E-state index in [-0.39, 0.29) is 30.4 Å². The zero-order valence-electron chi connectivity index (χ0n) is 15.9. The number of aromatic nitrogens is 2. The van der Waals surface area contributed by atoms with E-state index < -0.39 is 12.8 Å². The molecule has 162 valence electrons. The molecule has 31 heavy (non-hydrogen) atoms. The van der Waals surface area contributed by atoms with Crippen LogP contribution in [0.5, 0.6) is 5.88 Å². The van der Waals surface area contributed by atoms with E-state index in [9.17, 15) is 18.0 Å². The molecular weight excluding hydrogens is 454 g/mol. The third kappa shape index (κ3) is 6.83. The van der Waals surface area contributed by atoms with Gasteiger partial charge >= 0.3 is 6.18 Å². The first-order valence-corrected chi connectivity index (χ1v) is 9.75. The summed E-state index contributed by atoms with van der Waals surface area (Å²) in [6.07, 6.45) is -1.69. The van der Waals surface area contributed by atoms with Crippen LogP contribution in [0.15, 0.2) is 60.9 Å². The molecule has 0 unspecified atom stereocenters. The Morgan fingerprint density at radius 2 is 1.81 bits per heavy atom. The van der Waals surface area contributed by atoms with Crippen molar-refractivity contribution in [1.29, 1.82) is 0 Å². The van der Waals surface area contributed by atoms with E-state index in [1.807, 2.05) is 0 Å². The first kappa shape index (κ1) is 22.8. The second-order valence-corrected chi connectivity index (χ2v) is 7.33. The van der Waals surface area contributed by atoms with Crippen molar-refractivity contribution in [3.63, 3.8) is 0 Å². The highest BCUT2D eigenvalue weighted by molar-refractivity contribution is 6.42. The maximum atomic E-state index is 13.1. The molecule has 0 radical (unpaired) electrons. The van der Waals surface area contributed by atoms with Crippen molar-refractivity contribution < 1.29 is 22.7 Å². The van der Waals surface area contributed by atoms with Crippen molar-refractivity contribution in [3.8, 4) is 5.88 Å². The van der Waals surface area contributed by atoms with Crippen LogP contribution in [0.25, 0.3) is 0 Å². The predicted molar refractivity (Wildman–Crippen MR) is 110 cm³/mol. The molecule has 0 atom stereocenters. The molecule has 0 fully saturated rings. The monoisotopic (exact) mass is 469 g/mol. The van der Waals surface area contributed by atoms with Crippen LogP contribution in [0.3, 0.4) is 0 Å². The number of alkyl halides is 3. The summed E-state index contributed by atoms with van der Waals surface area (Å²) in [4.78, 5) is 22.7. The number of hydrogen-bond donors (Lipinski definition) is 0. The molecule has 1 aromatic carbocycles. The summed E-state index contributed by atoms with van der Waals surface area (Å²) in [5.74, 6) is -0.610. The van der Waals surface area contributed by atoms with Crippen LogP contribution in [0.4, 0.5) is 13.2 Å². The van der Waals surface area contributed by atoms with Crippen LogP contribution in [0.1, 0.15) is 21.6 Å². The van der Waals surface area contributed by atoms with E-state index in [0.29, 0.717) is 15.7 Å². The Labute approximate surface area is 186 Å². The summed E-state index contributed by atoms with van der Waals surface area (Å²) >= 11 is 12.0. The van der Waals surface area contributed by atoms with Crippen LogP contribution >= 0.6 is 23.2 Å². The summed E-state index contributed by atoms with van der Waals surface area (Å²) in [6.45, 7) is -1.05. The standard InChI is InChI=1S/C21H16Cl2F3N3O2/c22-17-6-4-14(9-18(17)23)11-29(12-16-3-1-2-8-27-16)20(30)15-5-7-19(28-10-15)31-13-21(24,25)26/h1-10H,11-13H2. The zero-order valence-corrected chi connectivity index (χ0v) is 17.5. The topological polar surface area (TPSA) is 55.3 Å². The Bertz CT molecular complexity index is 1030. The number of hydrogen-bond acceptors (Lipinski definition) is 4. The molecule has 1 amide bonds. The van der Waals surface area contributed by atoms with Gasteiger partial charge in [-0.15, -0.1) is 0 Å². The normalized spacial score (nSPS) is 11.3. The average molecular weight is 470 g/mol. The third-order valence-electron chi connectivity index (χ3n) is 4.09. The van der Waals surface area contributed by atoms with E-state index in [2.05, 4.69) is 14.7 Å². The molecule has 0 bridgehead atoms. The van der Waals surface area contributed by atoms with Gasteiger partial charge in [0.2, 0.25) is 5.88 Å². The van der Waals surface area contributed by atoms with Crippen molar-refractivity contribution in [2.75, 3.05) is 6.61 Å². The summed E-state index contributed by atoms with van der Waals surface area (Å²) in [5, 5.41) is 0.754. The van der Waals surface area contributed by atoms with Gasteiger partial charge < -0.3 is 9.64 Å². The summed E-state index contributed by atoms with van der Waals surface area (Å²) in [5.41, 5.74) is 1.60. The smallest absolute Gasteiger partial charge is 0.422 e. The van der Waals surface area contributed by atoms with E-state index in [1.54, 1.807) is 42.6 Å². The average Bonchev–Trinajstić information content (AvgIpc) is 2.74. The van der Waals surface area contributed by atoms with E-state index in [1.165, 1.54) is 23.2 Å². The molecule has 0 aliphatic heterocycles. The summed E-state index contributed by atoms with van der Waals surface area (Å²) in [6, 6.07) is 13.0. The Hall–Kier alpha value is -2.84. The number of benzene rings is 1. The van der Waals surface area contributed by atoms with Gasteiger partial charge in [-0.3, -0.25) is 9.78 Å². The lowest BCUT2D eigenvalue weighted by Gasteiger charge is -2.23. The number of rotatable bonds is 7. The third-order valence-corrected chi connectivity index (χ3v) is 4.83. The lowest BCUT2D eigenvalue weighted by atomic mass is 10.1. The first-order valence-electron chi connectivity index (χ1n) is 9.00. The molecular formula is C21H16Cl2F3N3O2. The predicted octanol–water partition coefficient (Wildman–Crippen LogP) is 5.57. The Kier molecular flexibility index (Phi) is 7.35.